The van der Waals surface area contributed by atoms with Crippen molar-refractivity contribution in [2.45, 2.75) is 17.0 Å². The summed E-state index contributed by atoms with van der Waals surface area (Å²) < 4.78 is 1.88. The molecule has 1 heterocycles. The fourth-order valence-electron chi connectivity index (χ4n) is 2.27. The molecule has 1 amide bonds. The summed E-state index contributed by atoms with van der Waals surface area (Å²) >= 11 is 2.97. The lowest BCUT2D eigenvalue weighted by Crippen LogP contribution is -2.15. The van der Waals surface area contributed by atoms with Crippen molar-refractivity contribution < 1.29 is 4.79 Å². The number of carbonyl (C=O) groups is 1. The zero-order valence-electron chi connectivity index (χ0n) is 14.0. The molecule has 0 unspecified atom stereocenters. The number of hydrogen-bond acceptors (Lipinski definition) is 5. The minimum Gasteiger partial charge on any atom is -0.324 e. The number of thioether (sulfide) groups is 2. The van der Waals surface area contributed by atoms with E-state index in [9.17, 15) is 4.79 Å². The molecule has 0 fully saturated rings. The van der Waals surface area contributed by atoms with Crippen molar-refractivity contribution in [1.82, 2.24) is 14.8 Å². The number of hydrogen-bond donors (Lipinski definition) is 1. The van der Waals surface area contributed by atoms with E-state index in [0.717, 1.165) is 16.3 Å². The highest BCUT2D eigenvalue weighted by atomic mass is 32.2. The normalized spacial score (nSPS) is 10.6. The summed E-state index contributed by atoms with van der Waals surface area (Å²) in [7, 11) is 0. The monoisotopic (exact) mass is 370 g/mol. The maximum atomic E-state index is 12.3. The lowest BCUT2D eigenvalue weighted by atomic mass is 10.2. The van der Waals surface area contributed by atoms with E-state index in [0.29, 0.717) is 5.16 Å². The highest BCUT2D eigenvalue weighted by Gasteiger charge is 2.11. The molecule has 0 saturated carbocycles. The van der Waals surface area contributed by atoms with E-state index in [-0.39, 0.29) is 11.7 Å². The smallest absolute Gasteiger partial charge is 0.234 e. The first-order chi connectivity index (χ1) is 12.2. The largest absolute Gasteiger partial charge is 0.324 e. The Morgan fingerprint density at radius 2 is 1.92 bits per heavy atom. The Bertz CT molecular complexity index is 862. The minimum atomic E-state index is -0.0649. The van der Waals surface area contributed by atoms with Gasteiger partial charge < -0.3 is 5.32 Å². The minimum absolute atomic E-state index is 0.0649. The third-order valence-corrected chi connectivity index (χ3v) is 5.28. The van der Waals surface area contributed by atoms with Crippen molar-refractivity contribution in [2.24, 2.45) is 0 Å². The molecule has 25 heavy (non-hydrogen) atoms. The van der Waals surface area contributed by atoms with Crippen LogP contribution in [-0.4, -0.2) is 32.7 Å². The molecular weight excluding hydrogens is 352 g/mol. The predicted octanol–water partition coefficient (Wildman–Crippen LogP) is 4.03. The summed E-state index contributed by atoms with van der Waals surface area (Å²) in [5.41, 5.74) is 3.00. The molecule has 0 atom stereocenters. The lowest BCUT2D eigenvalue weighted by molar-refractivity contribution is -0.113. The van der Waals surface area contributed by atoms with Gasteiger partial charge >= 0.3 is 0 Å². The first-order valence-electron chi connectivity index (χ1n) is 7.70. The molecule has 0 aliphatic heterocycles. The summed E-state index contributed by atoms with van der Waals surface area (Å²) in [5, 5.41) is 11.7. The average molecular weight is 371 g/mol. The molecule has 3 rings (SSSR count). The number of benzene rings is 2. The van der Waals surface area contributed by atoms with Crippen LogP contribution in [-0.2, 0) is 4.79 Å². The number of amides is 1. The molecule has 2 aromatic carbocycles. The molecule has 1 aromatic heterocycles. The second-order valence-electron chi connectivity index (χ2n) is 5.36. The second-order valence-corrected chi connectivity index (χ2v) is 7.15. The van der Waals surface area contributed by atoms with Gasteiger partial charge in [0.05, 0.1) is 11.4 Å². The highest BCUT2D eigenvalue weighted by molar-refractivity contribution is 7.99. The van der Waals surface area contributed by atoms with Gasteiger partial charge in [-0.1, -0.05) is 41.6 Å². The molecule has 3 aromatic rings. The topological polar surface area (TPSA) is 59.8 Å². The van der Waals surface area contributed by atoms with Crippen LogP contribution in [0.1, 0.15) is 5.56 Å². The second kappa shape index (κ2) is 8.22. The van der Waals surface area contributed by atoms with Crippen LogP contribution in [0.4, 0.5) is 5.69 Å². The third-order valence-electron chi connectivity index (χ3n) is 3.54. The predicted molar refractivity (Wildman–Crippen MR) is 104 cm³/mol. The zero-order chi connectivity index (χ0) is 17.6. The fourth-order valence-corrected chi connectivity index (χ4v) is 3.55. The summed E-state index contributed by atoms with van der Waals surface area (Å²) in [6, 6.07) is 15.9. The van der Waals surface area contributed by atoms with Crippen LogP contribution >= 0.6 is 23.5 Å². The van der Waals surface area contributed by atoms with Crippen molar-refractivity contribution in [2.75, 3.05) is 17.3 Å². The maximum Gasteiger partial charge on any atom is 0.234 e. The van der Waals surface area contributed by atoms with E-state index in [1.807, 2.05) is 66.3 Å². The van der Waals surface area contributed by atoms with Crippen LogP contribution in [0.3, 0.4) is 0 Å². The molecule has 0 aliphatic rings. The SMILES string of the molecule is CSc1ccccc1NC(=O)CSc1nncn1-c1ccc(C)cc1. The van der Waals surface area contributed by atoms with Crippen molar-refractivity contribution >= 4 is 35.1 Å². The Labute approximate surface area is 155 Å². The van der Waals surface area contributed by atoms with Crippen LogP contribution in [0.15, 0.2) is 64.9 Å². The van der Waals surface area contributed by atoms with Gasteiger partial charge in [0.15, 0.2) is 5.16 Å². The zero-order valence-corrected chi connectivity index (χ0v) is 15.6. The first-order valence-corrected chi connectivity index (χ1v) is 9.91. The molecule has 0 spiro atoms. The molecule has 0 aliphatic carbocycles. The van der Waals surface area contributed by atoms with Gasteiger partial charge in [0.25, 0.3) is 0 Å². The third kappa shape index (κ3) is 4.43. The summed E-state index contributed by atoms with van der Waals surface area (Å²) in [6.07, 6.45) is 3.65. The number of nitrogens with zero attached hydrogens (tertiary/aromatic N) is 3. The van der Waals surface area contributed by atoms with Gasteiger partial charge in [-0.15, -0.1) is 22.0 Å². The first kappa shape index (κ1) is 17.6. The quantitative estimate of drug-likeness (QED) is 0.664. The van der Waals surface area contributed by atoms with Gasteiger partial charge in [-0.2, -0.15) is 0 Å². The summed E-state index contributed by atoms with van der Waals surface area (Å²) in [6.45, 7) is 2.04. The molecule has 128 valence electrons. The van der Waals surface area contributed by atoms with Crippen molar-refractivity contribution in [3.8, 4) is 5.69 Å². The van der Waals surface area contributed by atoms with Crippen molar-refractivity contribution in [3.63, 3.8) is 0 Å². The van der Waals surface area contributed by atoms with Gasteiger partial charge in [0.1, 0.15) is 6.33 Å². The number of rotatable bonds is 6. The number of aryl methyl sites for hydroxylation is 1. The molecule has 0 saturated heterocycles. The molecule has 7 heteroatoms. The van der Waals surface area contributed by atoms with E-state index in [1.54, 1.807) is 18.1 Å². The number of carbonyl (C=O) groups excluding carboxylic acids is 1. The van der Waals surface area contributed by atoms with Gasteiger partial charge in [0, 0.05) is 10.6 Å². The van der Waals surface area contributed by atoms with Crippen LogP contribution in [0.2, 0.25) is 0 Å². The number of para-hydroxylation sites is 1. The molecular formula is C18H18N4OS2. The number of anilines is 1. The maximum absolute atomic E-state index is 12.3. The van der Waals surface area contributed by atoms with E-state index in [2.05, 4.69) is 15.5 Å². The average Bonchev–Trinajstić information content (AvgIpc) is 3.09. The summed E-state index contributed by atoms with van der Waals surface area (Å²) in [4.78, 5) is 13.3. The van der Waals surface area contributed by atoms with Crippen LogP contribution in [0, 0.1) is 6.92 Å². The Hall–Kier alpha value is -2.25. The van der Waals surface area contributed by atoms with Crippen LogP contribution < -0.4 is 5.32 Å². The standard InChI is InChI=1S/C18H18N4OS2/c1-13-7-9-14(10-8-13)22-12-19-21-18(22)25-11-17(23)20-15-5-3-4-6-16(15)24-2/h3-10,12H,11H2,1-2H3,(H,20,23). The Kier molecular flexibility index (Phi) is 5.78. The van der Waals surface area contributed by atoms with Crippen LogP contribution in [0.5, 0.6) is 0 Å². The Balaban J connectivity index is 1.65. The lowest BCUT2D eigenvalue weighted by Gasteiger charge is -2.09. The molecule has 0 bridgehead atoms. The Morgan fingerprint density at radius 1 is 1.16 bits per heavy atom. The van der Waals surface area contributed by atoms with Crippen LogP contribution in [0.25, 0.3) is 5.69 Å². The van der Waals surface area contributed by atoms with Crippen molar-refractivity contribution in [1.29, 1.82) is 0 Å². The van der Waals surface area contributed by atoms with Gasteiger partial charge in [-0.25, -0.2) is 0 Å². The fraction of sp³-hybridized carbons (Fsp3) is 0.167. The number of aromatic nitrogens is 3. The van der Waals surface area contributed by atoms with Gasteiger partial charge in [0.2, 0.25) is 5.91 Å². The van der Waals surface area contributed by atoms with E-state index >= 15 is 0 Å². The Morgan fingerprint density at radius 3 is 2.68 bits per heavy atom. The van der Waals surface area contributed by atoms with Gasteiger partial charge in [-0.05, 0) is 37.4 Å². The van der Waals surface area contributed by atoms with E-state index in [1.165, 1.54) is 17.3 Å². The number of nitrogens with one attached hydrogen (secondary N) is 1. The highest BCUT2D eigenvalue weighted by Crippen LogP contribution is 2.25. The van der Waals surface area contributed by atoms with E-state index < -0.39 is 0 Å². The molecule has 0 radical (unpaired) electrons. The van der Waals surface area contributed by atoms with Gasteiger partial charge in [-0.3, -0.25) is 9.36 Å². The summed E-state index contributed by atoms with van der Waals surface area (Å²) in [5.74, 6) is 0.206. The van der Waals surface area contributed by atoms with E-state index in [4.69, 9.17) is 0 Å². The van der Waals surface area contributed by atoms with Crippen molar-refractivity contribution in [3.05, 3.63) is 60.4 Å². The molecule has 5 nitrogen and oxygen atoms in total. The molecule has 1 N–H and O–H groups in total.